The van der Waals surface area contributed by atoms with Crippen molar-refractivity contribution in [1.82, 2.24) is 9.97 Å². The molecule has 0 bridgehead atoms. The van der Waals surface area contributed by atoms with Gasteiger partial charge in [-0.05, 0) is 61.6 Å². The molecule has 2 N–H and O–H groups in total. The summed E-state index contributed by atoms with van der Waals surface area (Å²) in [6.07, 6.45) is 1.93. The average molecular weight is 490 g/mol. The number of esters is 2. The number of carbonyl (C=O) groups excluding carboxylic acids is 3. The Morgan fingerprint density at radius 1 is 1.14 bits per heavy atom. The zero-order chi connectivity index (χ0) is 24.5. The summed E-state index contributed by atoms with van der Waals surface area (Å²) in [6, 6.07) is 13.0. The predicted molar refractivity (Wildman–Crippen MR) is 133 cm³/mol. The van der Waals surface area contributed by atoms with Gasteiger partial charge in [0.25, 0.3) is 5.91 Å². The van der Waals surface area contributed by atoms with Crippen LogP contribution in [0.1, 0.15) is 45.7 Å². The number of aromatic amines is 1. The second-order valence-electron chi connectivity index (χ2n) is 8.16. The number of nitrogens with zero attached hydrogens (tertiary/aromatic N) is 1. The van der Waals surface area contributed by atoms with E-state index in [1.165, 1.54) is 30.2 Å². The summed E-state index contributed by atoms with van der Waals surface area (Å²) in [6.45, 7) is 3.46. The Morgan fingerprint density at radius 3 is 2.80 bits per heavy atom. The lowest BCUT2D eigenvalue weighted by Gasteiger charge is -2.16. The Balaban J connectivity index is 1.38. The molecule has 4 aromatic rings. The van der Waals surface area contributed by atoms with Crippen molar-refractivity contribution in [2.24, 2.45) is 0 Å². The molecule has 2 aromatic heterocycles. The molecule has 2 aromatic carbocycles. The molecule has 1 aliphatic carbocycles. The molecule has 8 nitrogen and oxygen atoms in total. The van der Waals surface area contributed by atoms with Gasteiger partial charge in [0.05, 0.1) is 35.1 Å². The van der Waals surface area contributed by atoms with Crippen LogP contribution >= 0.6 is 11.3 Å². The molecular weight excluding hydrogens is 466 g/mol. The van der Waals surface area contributed by atoms with E-state index in [9.17, 15) is 14.4 Å². The third kappa shape index (κ3) is 4.30. The van der Waals surface area contributed by atoms with E-state index in [4.69, 9.17) is 9.47 Å². The fourth-order valence-electron chi connectivity index (χ4n) is 4.21. The zero-order valence-electron chi connectivity index (χ0n) is 19.2. The molecule has 0 aliphatic heterocycles. The van der Waals surface area contributed by atoms with Gasteiger partial charge in [-0.1, -0.05) is 24.3 Å². The summed E-state index contributed by atoms with van der Waals surface area (Å²) in [5.74, 6) is -1.63. The third-order valence-corrected chi connectivity index (χ3v) is 7.12. The Hall–Kier alpha value is -3.98. The van der Waals surface area contributed by atoms with Gasteiger partial charge in [-0.2, -0.15) is 0 Å². The standard InChI is InChI=1S/C26H23N3O5S/c1-3-33-26(32)21-18-10-8-15-6-4-5-7-17(15)22(18)35-24(21)29-23(30)14(2)34-25(31)16-9-11-19-20(12-16)28-13-27-19/h4-7,9,11-14H,3,8,10H2,1-2H3,(H,27,28)(H,29,30). The van der Waals surface area contributed by atoms with E-state index < -0.39 is 23.9 Å². The van der Waals surface area contributed by atoms with Crippen molar-refractivity contribution < 1.29 is 23.9 Å². The Morgan fingerprint density at radius 2 is 1.97 bits per heavy atom. The molecule has 1 amide bonds. The first-order valence-corrected chi connectivity index (χ1v) is 12.1. The number of H-pyrrole nitrogens is 1. The van der Waals surface area contributed by atoms with E-state index in [1.807, 2.05) is 18.2 Å². The van der Waals surface area contributed by atoms with E-state index in [0.717, 1.165) is 27.9 Å². The highest BCUT2D eigenvalue weighted by atomic mass is 32.1. The number of fused-ring (bicyclic) bond motifs is 4. The van der Waals surface area contributed by atoms with Crippen LogP contribution in [0.25, 0.3) is 21.5 Å². The highest BCUT2D eigenvalue weighted by Crippen LogP contribution is 2.45. The van der Waals surface area contributed by atoms with Gasteiger partial charge in [0.15, 0.2) is 6.10 Å². The maximum absolute atomic E-state index is 13.0. The SMILES string of the molecule is CCOC(=O)c1c(NC(=O)C(C)OC(=O)c2ccc3nc[nH]c3c2)sc2c1CCc1ccccc1-2. The first kappa shape index (κ1) is 22.8. The summed E-state index contributed by atoms with van der Waals surface area (Å²) in [4.78, 5) is 46.5. The van der Waals surface area contributed by atoms with Crippen molar-refractivity contribution in [3.05, 3.63) is 71.0 Å². The molecule has 0 radical (unpaired) electrons. The molecule has 1 unspecified atom stereocenters. The van der Waals surface area contributed by atoms with Crippen molar-refractivity contribution in [2.45, 2.75) is 32.8 Å². The van der Waals surface area contributed by atoms with Gasteiger partial charge in [0.1, 0.15) is 5.00 Å². The van der Waals surface area contributed by atoms with Crippen molar-refractivity contribution in [3.8, 4) is 10.4 Å². The highest BCUT2D eigenvalue weighted by Gasteiger charge is 2.31. The molecular formula is C26H23N3O5S. The number of aromatic nitrogens is 2. The molecule has 0 spiro atoms. The van der Waals surface area contributed by atoms with Gasteiger partial charge in [0.2, 0.25) is 0 Å². The number of amides is 1. The largest absolute Gasteiger partial charge is 0.462 e. The maximum Gasteiger partial charge on any atom is 0.341 e. The van der Waals surface area contributed by atoms with E-state index in [2.05, 4.69) is 21.4 Å². The fourth-order valence-corrected chi connectivity index (χ4v) is 5.51. The number of imidazole rings is 1. The monoisotopic (exact) mass is 489 g/mol. The van der Waals surface area contributed by atoms with Crippen LogP contribution in [0, 0.1) is 0 Å². The quantitative estimate of drug-likeness (QED) is 0.378. The first-order chi connectivity index (χ1) is 17.0. The van der Waals surface area contributed by atoms with Gasteiger partial charge < -0.3 is 19.8 Å². The van der Waals surface area contributed by atoms with Crippen LogP contribution in [0.3, 0.4) is 0 Å². The molecule has 5 rings (SSSR count). The Kier molecular flexibility index (Phi) is 6.08. The third-order valence-electron chi connectivity index (χ3n) is 5.94. The van der Waals surface area contributed by atoms with Crippen LogP contribution in [-0.4, -0.2) is 40.5 Å². The topological polar surface area (TPSA) is 110 Å². The average Bonchev–Trinajstić information content (AvgIpc) is 3.47. The fraction of sp³-hybridized carbons (Fsp3) is 0.231. The molecule has 178 valence electrons. The van der Waals surface area contributed by atoms with Crippen LogP contribution in [0.2, 0.25) is 0 Å². The summed E-state index contributed by atoms with van der Waals surface area (Å²) < 4.78 is 10.7. The zero-order valence-corrected chi connectivity index (χ0v) is 20.0. The van der Waals surface area contributed by atoms with Crippen molar-refractivity contribution >= 4 is 45.2 Å². The normalized spacial score (nSPS) is 13.0. The highest BCUT2D eigenvalue weighted by molar-refractivity contribution is 7.20. The van der Waals surface area contributed by atoms with Crippen molar-refractivity contribution in [2.75, 3.05) is 11.9 Å². The number of hydrogen-bond acceptors (Lipinski definition) is 7. The lowest BCUT2D eigenvalue weighted by Crippen LogP contribution is -2.30. The second-order valence-corrected chi connectivity index (χ2v) is 9.18. The number of benzene rings is 2. The van der Waals surface area contributed by atoms with E-state index in [1.54, 1.807) is 25.1 Å². The molecule has 35 heavy (non-hydrogen) atoms. The second kappa shape index (κ2) is 9.34. The predicted octanol–water partition coefficient (Wildman–Crippen LogP) is 4.75. The van der Waals surface area contributed by atoms with Gasteiger partial charge >= 0.3 is 11.9 Å². The Labute approximate surface area is 205 Å². The summed E-state index contributed by atoms with van der Waals surface area (Å²) in [7, 11) is 0. The van der Waals surface area contributed by atoms with Crippen LogP contribution < -0.4 is 5.32 Å². The van der Waals surface area contributed by atoms with Gasteiger partial charge in [-0.15, -0.1) is 11.3 Å². The number of nitrogens with one attached hydrogen (secondary N) is 2. The molecule has 0 saturated heterocycles. The number of aryl methyl sites for hydroxylation is 1. The number of thiophene rings is 1. The van der Waals surface area contributed by atoms with Crippen LogP contribution in [-0.2, 0) is 27.1 Å². The van der Waals surface area contributed by atoms with Gasteiger partial charge in [-0.25, -0.2) is 14.6 Å². The van der Waals surface area contributed by atoms with E-state index in [0.29, 0.717) is 28.1 Å². The van der Waals surface area contributed by atoms with Crippen LogP contribution in [0.15, 0.2) is 48.8 Å². The minimum Gasteiger partial charge on any atom is -0.462 e. The van der Waals surface area contributed by atoms with Crippen molar-refractivity contribution in [3.63, 3.8) is 0 Å². The van der Waals surface area contributed by atoms with E-state index >= 15 is 0 Å². The molecule has 1 aliphatic rings. The number of hydrogen-bond donors (Lipinski definition) is 2. The van der Waals surface area contributed by atoms with E-state index in [-0.39, 0.29) is 6.61 Å². The van der Waals surface area contributed by atoms with Crippen LogP contribution in [0.4, 0.5) is 5.00 Å². The molecule has 2 heterocycles. The van der Waals surface area contributed by atoms with Crippen molar-refractivity contribution in [1.29, 1.82) is 0 Å². The van der Waals surface area contributed by atoms with Gasteiger partial charge in [-0.3, -0.25) is 4.79 Å². The lowest BCUT2D eigenvalue weighted by atomic mass is 9.89. The van der Waals surface area contributed by atoms with Gasteiger partial charge in [0, 0.05) is 4.88 Å². The summed E-state index contributed by atoms with van der Waals surface area (Å²) in [5, 5.41) is 3.21. The smallest absolute Gasteiger partial charge is 0.341 e. The summed E-state index contributed by atoms with van der Waals surface area (Å²) >= 11 is 1.34. The number of carbonyl (C=O) groups is 3. The Bertz CT molecular complexity index is 1450. The first-order valence-electron chi connectivity index (χ1n) is 11.3. The molecule has 0 fully saturated rings. The summed E-state index contributed by atoms with van der Waals surface area (Å²) in [5.41, 5.74) is 5.22. The number of anilines is 1. The molecule has 0 saturated carbocycles. The maximum atomic E-state index is 13.0. The number of rotatable bonds is 6. The molecule has 9 heteroatoms. The molecule has 1 atom stereocenters. The lowest BCUT2D eigenvalue weighted by molar-refractivity contribution is -0.123. The number of ether oxygens (including phenoxy) is 2. The van der Waals surface area contributed by atoms with Crippen LogP contribution in [0.5, 0.6) is 0 Å². The minimum absolute atomic E-state index is 0.224. The minimum atomic E-state index is -1.08.